The summed E-state index contributed by atoms with van der Waals surface area (Å²) in [6.07, 6.45) is 0. The third kappa shape index (κ3) is 1.12. The number of H-pyrrole nitrogens is 1. The molecule has 6 nitrogen and oxygen atoms in total. The van der Waals surface area contributed by atoms with Crippen LogP contribution in [0, 0.1) is 13.8 Å². The van der Waals surface area contributed by atoms with E-state index in [2.05, 4.69) is 15.1 Å². The van der Waals surface area contributed by atoms with Crippen LogP contribution in [0.25, 0.3) is 5.52 Å². The van der Waals surface area contributed by atoms with Crippen LogP contribution in [-0.2, 0) is 6.54 Å². The number of nitrogens with one attached hydrogen (secondary N) is 1. The molecule has 14 heavy (non-hydrogen) atoms. The van der Waals surface area contributed by atoms with E-state index in [1.165, 1.54) is 4.52 Å². The molecule has 0 saturated heterocycles. The van der Waals surface area contributed by atoms with Gasteiger partial charge in [-0.2, -0.15) is 5.10 Å². The van der Waals surface area contributed by atoms with Gasteiger partial charge < -0.3 is 10.7 Å². The van der Waals surface area contributed by atoms with Crippen LogP contribution < -0.4 is 11.3 Å². The zero-order valence-electron chi connectivity index (χ0n) is 8.03. The van der Waals surface area contributed by atoms with Gasteiger partial charge in [0, 0.05) is 0 Å². The molecule has 0 fully saturated rings. The first-order valence-electron chi connectivity index (χ1n) is 4.28. The Balaban J connectivity index is 2.96. The molecule has 0 aliphatic carbocycles. The minimum absolute atomic E-state index is 0.179. The maximum Gasteiger partial charge on any atom is 0.277 e. The van der Waals surface area contributed by atoms with Crippen molar-refractivity contribution in [1.29, 1.82) is 0 Å². The minimum Gasteiger partial charge on any atom is -0.324 e. The van der Waals surface area contributed by atoms with E-state index in [1.807, 2.05) is 0 Å². The Morgan fingerprint density at radius 1 is 1.50 bits per heavy atom. The number of hydrogen-bond donors (Lipinski definition) is 2. The lowest BCUT2D eigenvalue weighted by molar-refractivity contribution is 0.769. The lowest BCUT2D eigenvalue weighted by atomic mass is 10.4. The summed E-state index contributed by atoms with van der Waals surface area (Å²) in [5, 5.41) is 4.15. The van der Waals surface area contributed by atoms with Crippen molar-refractivity contribution in [1.82, 2.24) is 19.6 Å². The molecule has 74 valence electrons. The molecule has 0 amide bonds. The average molecular weight is 193 g/mol. The number of aryl methyl sites for hydroxylation is 2. The number of rotatable bonds is 1. The monoisotopic (exact) mass is 193 g/mol. The average Bonchev–Trinajstić information content (AvgIpc) is 2.42. The first-order valence-corrected chi connectivity index (χ1v) is 4.28. The van der Waals surface area contributed by atoms with Crippen LogP contribution in [0.5, 0.6) is 0 Å². The first-order chi connectivity index (χ1) is 6.63. The highest BCUT2D eigenvalue weighted by atomic mass is 16.1. The molecule has 2 aromatic rings. The Labute approximate surface area is 79.8 Å². The summed E-state index contributed by atoms with van der Waals surface area (Å²) < 4.78 is 1.50. The van der Waals surface area contributed by atoms with Gasteiger partial charge in [-0.15, -0.1) is 0 Å². The van der Waals surface area contributed by atoms with Crippen molar-refractivity contribution in [2.24, 2.45) is 5.73 Å². The topological polar surface area (TPSA) is 89.1 Å². The van der Waals surface area contributed by atoms with Crippen molar-refractivity contribution in [2.45, 2.75) is 20.4 Å². The largest absolute Gasteiger partial charge is 0.324 e. The van der Waals surface area contributed by atoms with E-state index in [4.69, 9.17) is 5.73 Å². The van der Waals surface area contributed by atoms with Crippen molar-refractivity contribution in [2.75, 3.05) is 0 Å². The second-order valence-corrected chi connectivity index (χ2v) is 3.12. The quantitative estimate of drug-likeness (QED) is 0.638. The van der Waals surface area contributed by atoms with Crippen LogP contribution in [0.1, 0.15) is 17.3 Å². The molecular weight excluding hydrogens is 182 g/mol. The fourth-order valence-electron chi connectivity index (χ4n) is 1.48. The second-order valence-electron chi connectivity index (χ2n) is 3.12. The Bertz CT molecular complexity index is 538. The minimum atomic E-state index is -0.179. The molecule has 0 spiro atoms. The number of imidazole rings is 1. The molecule has 0 aromatic carbocycles. The van der Waals surface area contributed by atoms with Crippen molar-refractivity contribution in [3.63, 3.8) is 0 Å². The van der Waals surface area contributed by atoms with E-state index in [1.54, 1.807) is 13.8 Å². The number of fused-ring (bicyclic) bond motifs is 1. The molecular formula is C8H11N5O. The van der Waals surface area contributed by atoms with E-state index >= 15 is 0 Å². The van der Waals surface area contributed by atoms with Gasteiger partial charge in [0.25, 0.3) is 5.56 Å². The molecule has 0 saturated carbocycles. The Morgan fingerprint density at radius 2 is 2.21 bits per heavy atom. The van der Waals surface area contributed by atoms with Gasteiger partial charge >= 0.3 is 0 Å². The maximum atomic E-state index is 11.6. The van der Waals surface area contributed by atoms with Gasteiger partial charge in [0.15, 0.2) is 5.52 Å². The van der Waals surface area contributed by atoms with Crippen LogP contribution in [0.2, 0.25) is 0 Å². The number of aromatic nitrogens is 4. The van der Waals surface area contributed by atoms with E-state index in [0.29, 0.717) is 22.9 Å². The Morgan fingerprint density at radius 3 is 2.86 bits per heavy atom. The van der Waals surface area contributed by atoms with Gasteiger partial charge in [-0.05, 0) is 13.8 Å². The number of nitrogens with zero attached hydrogens (tertiary/aromatic N) is 3. The van der Waals surface area contributed by atoms with Crippen LogP contribution in [0.3, 0.4) is 0 Å². The SMILES string of the molecule is Cc1nn2c(CN)nc(C)c2c(=O)[nH]1. The fraction of sp³-hybridized carbons (Fsp3) is 0.375. The smallest absolute Gasteiger partial charge is 0.277 e. The fourth-order valence-corrected chi connectivity index (χ4v) is 1.48. The molecule has 2 aromatic heterocycles. The Hall–Kier alpha value is -1.69. The predicted molar refractivity (Wildman–Crippen MR) is 51.0 cm³/mol. The van der Waals surface area contributed by atoms with E-state index in [0.717, 1.165) is 0 Å². The summed E-state index contributed by atoms with van der Waals surface area (Å²) in [7, 11) is 0. The number of hydrogen-bond acceptors (Lipinski definition) is 4. The van der Waals surface area contributed by atoms with Crippen LogP contribution in [0.4, 0.5) is 0 Å². The third-order valence-electron chi connectivity index (χ3n) is 2.04. The maximum absolute atomic E-state index is 11.6. The lowest BCUT2D eigenvalue weighted by Gasteiger charge is -1.97. The van der Waals surface area contributed by atoms with Crippen molar-refractivity contribution < 1.29 is 0 Å². The highest BCUT2D eigenvalue weighted by molar-refractivity contribution is 5.49. The summed E-state index contributed by atoms with van der Waals surface area (Å²) in [4.78, 5) is 18.3. The number of aromatic amines is 1. The summed E-state index contributed by atoms with van der Waals surface area (Å²) >= 11 is 0. The highest BCUT2D eigenvalue weighted by Gasteiger charge is 2.11. The molecule has 0 unspecified atom stereocenters. The first kappa shape index (κ1) is 8.89. The molecule has 0 bridgehead atoms. The lowest BCUT2D eigenvalue weighted by Crippen LogP contribution is -2.16. The molecule has 2 rings (SSSR count). The van der Waals surface area contributed by atoms with Gasteiger partial charge in [-0.25, -0.2) is 9.50 Å². The molecule has 2 heterocycles. The zero-order valence-corrected chi connectivity index (χ0v) is 8.03. The van der Waals surface area contributed by atoms with Crippen LogP contribution in [0.15, 0.2) is 4.79 Å². The summed E-state index contributed by atoms with van der Waals surface area (Å²) in [5.41, 5.74) is 6.44. The summed E-state index contributed by atoms with van der Waals surface area (Å²) in [6.45, 7) is 3.75. The van der Waals surface area contributed by atoms with Crippen molar-refractivity contribution >= 4 is 5.52 Å². The van der Waals surface area contributed by atoms with E-state index in [9.17, 15) is 4.79 Å². The van der Waals surface area contributed by atoms with Gasteiger partial charge in [0.2, 0.25) is 0 Å². The predicted octanol–water partition coefficient (Wildman–Crippen LogP) is -0.507. The highest BCUT2D eigenvalue weighted by Crippen LogP contribution is 2.05. The van der Waals surface area contributed by atoms with Crippen LogP contribution in [-0.4, -0.2) is 19.6 Å². The van der Waals surface area contributed by atoms with Gasteiger partial charge in [-0.3, -0.25) is 4.79 Å². The van der Waals surface area contributed by atoms with Gasteiger partial charge in [0.05, 0.1) is 12.2 Å². The number of nitrogens with two attached hydrogens (primary N) is 1. The second kappa shape index (κ2) is 2.91. The van der Waals surface area contributed by atoms with E-state index in [-0.39, 0.29) is 12.1 Å². The molecule has 0 radical (unpaired) electrons. The summed E-state index contributed by atoms with van der Waals surface area (Å²) in [6, 6.07) is 0. The third-order valence-corrected chi connectivity index (χ3v) is 2.04. The normalized spacial score (nSPS) is 11.1. The zero-order chi connectivity index (χ0) is 10.3. The van der Waals surface area contributed by atoms with Crippen molar-refractivity contribution in [3.05, 3.63) is 27.7 Å². The summed E-state index contributed by atoms with van der Waals surface area (Å²) in [5.74, 6) is 1.15. The Kier molecular flexibility index (Phi) is 1.85. The molecule has 3 N–H and O–H groups in total. The standard InChI is InChI=1S/C8H11N5O/c1-4-7-8(14)11-5(2)12-13(7)6(3-9)10-4/h3,9H2,1-2H3,(H,11,12,14). The van der Waals surface area contributed by atoms with Gasteiger partial charge in [0.1, 0.15) is 11.6 Å². The van der Waals surface area contributed by atoms with Gasteiger partial charge in [-0.1, -0.05) is 0 Å². The van der Waals surface area contributed by atoms with Crippen molar-refractivity contribution in [3.8, 4) is 0 Å². The molecule has 0 atom stereocenters. The van der Waals surface area contributed by atoms with Crippen LogP contribution >= 0.6 is 0 Å². The molecule has 0 aliphatic heterocycles. The molecule has 0 aliphatic rings. The van der Waals surface area contributed by atoms with E-state index < -0.39 is 0 Å². The molecule has 6 heteroatoms.